The molecule has 2 aromatic carbocycles. The van der Waals surface area contributed by atoms with Crippen LogP contribution >= 0.6 is 0 Å². The predicted octanol–water partition coefficient (Wildman–Crippen LogP) is 3.30. The summed E-state index contributed by atoms with van der Waals surface area (Å²) in [5, 5.41) is 0. The van der Waals surface area contributed by atoms with Crippen LogP contribution in [0.1, 0.15) is 34.3 Å². The molecule has 4 nitrogen and oxygen atoms in total. The highest BCUT2D eigenvalue weighted by Crippen LogP contribution is 2.12. The molecule has 26 heavy (non-hydrogen) atoms. The zero-order chi connectivity index (χ0) is 18.4. The van der Waals surface area contributed by atoms with Crippen LogP contribution in [0.2, 0.25) is 0 Å². The molecule has 0 unspecified atom stereocenters. The summed E-state index contributed by atoms with van der Waals surface area (Å²) < 4.78 is 0. The van der Waals surface area contributed by atoms with Gasteiger partial charge in [-0.05, 0) is 12.5 Å². The molecular formula is C22H26N2O2. The van der Waals surface area contributed by atoms with E-state index in [4.69, 9.17) is 0 Å². The van der Waals surface area contributed by atoms with E-state index in [0.29, 0.717) is 12.0 Å². The summed E-state index contributed by atoms with van der Waals surface area (Å²) in [7, 11) is 0. The quantitative estimate of drug-likeness (QED) is 0.751. The number of piperazine rings is 1. The third-order valence-corrected chi connectivity index (χ3v) is 4.91. The average molecular weight is 350 g/mol. The second-order valence-electron chi connectivity index (χ2n) is 6.93. The highest BCUT2D eigenvalue weighted by atomic mass is 16.2. The Balaban J connectivity index is 1.42. The van der Waals surface area contributed by atoms with Gasteiger partial charge in [0.2, 0.25) is 5.91 Å². The molecule has 1 fully saturated rings. The number of aryl methyl sites for hydroxylation is 1. The van der Waals surface area contributed by atoms with Gasteiger partial charge in [-0.3, -0.25) is 14.5 Å². The van der Waals surface area contributed by atoms with Crippen molar-refractivity contribution in [1.82, 2.24) is 9.80 Å². The summed E-state index contributed by atoms with van der Waals surface area (Å²) in [6.45, 7) is 6.16. The van der Waals surface area contributed by atoms with Gasteiger partial charge in [-0.2, -0.15) is 0 Å². The van der Waals surface area contributed by atoms with Gasteiger partial charge in [-0.1, -0.05) is 60.2 Å². The minimum atomic E-state index is 0.0427. The molecule has 0 aliphatic carbocycles. The molecule has 0 aromatic heterocycles. The Hall–Kier alpha value is -2.46. The fraction of sp³-hybridized carbons (Fsp3) is 0.364. The normalized spacial score (nSPS) is 15.0. The Kier molecular flexibility index (Phi) is 6.18. The van der Waals surface area contributed by atoms with Crippen LogP contribution in [0.4, 0.5) is 0 Å². The van der Waals surface area contributed by atoms with Crippen LogP contribution in [0, 0.1) is 6.92 Å². The van der Waals surface area contributed by atoms with Crippen molar-refractivity contribution >= 4 is 11.7 Å². The fourth-order valence-corrected chi connectivity index (χ4v) is 3.26. The standard InChI is InChI=1S/C22H26N2O2/c1-18-7-9-20(10-8-18)21(25)11-12-22(26)24-15-13-23(14-16-24)17-19-5-3-2-4-6-19/h2-10H,11-17H2,1H3. The molecule has 0 atom stereocenters. The van der Waals surface area contributed by atoms with E-state index in [1.54, 1.807) is 0 Å². The first kappa shape index (κ1) is 18.3. The molecule has 0 saturated carbocycles. The first-order valence-electron chi connectivity index (χ1n) is 9.26. The van der Waals surface area contributed by atoms with Crippen LogP contribution in [0.3, 0.4) is 0 Å². The molecule has 1 amide bonds. The van der Waals surface area contributed by atoms with Gasteiger partial charge in [-0.15, -0.1) is 0 Å². The summed E-state index contributed by atoms with van der Waals surface area (Å²) in [4.78, 5) is 28.9. The lowest BCUT2D eigenvalue weighted by atomic mass is 10.0. The van der Waals surface area contributed by atoms with E-state index in [1.165, 1.54) is 5.56 Å². The van der Waals surface area contributed by atoms with E-state index < -0.39 is 0 Å². The highest BCUT2D eigenvalue weighted by molar-refractivity contribution is 5.97. The van der Waals surface area contributed by atoms with Crippen molar-refractivity contribution in [1.29, 1.82) is 0 Å². The topological polar surface area (TPSA) is 40.6 Å². The monoisotopic (exact) mass is 350 g/mol. The lowest BCUT2D eigenvalue weighted by Crippen LogP contribution is -2.48. The van der Waals surface area contributed by atoms with Crippen molar-refractivity contribution in [2.24, 2.45) is 0 Å². The average Bonchev–Trinajstić information content (AvgIpc) is 2.68. The number of carbonyl (C=O) groups excluding carboxylic acids is 2. The van der Waals surface area contributed by atoms with Crippen molar-refractivity contribution < 1.29 is 9.59 Å². The molecule has 0 bridgehead atoms. The second-order valence-corrected chi connectivity index (χ2v) is 6.93. The number of carbonyl (C=O) groups is 2. The summed E-state index contributed by atoms with van der Waals surface area (Å²) in [5.41, 5.74) is 3.12. The number of Topliss-reactive ketones (excluding diaryl/α,β-unsaturated/α-hetero) is 1. The maximum atomic E-state index is 12.4. The Bertz CT molecular complexity index is 732. The second kappa shape index (κ2) is 8.77. The smallest absolute Gasteiger partial charge is 0.223 e. The number of nitrogens with zero attached hydrogens (tertiary/aromatic N) is 2. The first-order valence-corrected chi connectivity index (χ1v) is 9.26. The Labute approximate surface area is 155 Å². The van der Waals surface area contributed by atoms with Crippen LogP contribution in [-0.2, 0) is 11.3 Å². The third kappa shape index (κ3) is 5.02. The molecule has 2 aromatic rings. The molecule has 0 spiro atoms. The largest absolute Gasteiger partial charge is 0.340 e. The maximum absolute atomic E-state index is 12.4. The van der Waals surface area contributed by atoms with Gasteiger partial charge in [0.05, 0.1) is 0 Å². The van der Waals surface area contributed by atoms with Gasteiger partial charge < -0.3 is 4.90 Å². The van der Waals surface area contributed by atoms with Crippen LogP contribution in [0.15, 0.2) is 54.6 Å². The number of amides is 1. The molecule has 0 radical (unpaired) electrons. The van der Waals surface area contributed by atoms with E-state index >= 15 is 0 Å². The molecule has 136 valence electrons. The number of ketones is 1. The van der Waals surface area contributed by atoms with Crippen LogP contribution in [-0.4, -0.2) is 47.7 Å². The first-order chi connectivity index (χ1) is 12.6. The zero-order valence-electron chi connectivity index (χ0n) is 15.4. The minimum absolute atomic E-state index is 0.0427. The van der Waals surface area contributed by atoms with Gasteiger partial charge in [0, 0.05) is 51.1 Å². The van der Waals surface area contributed by atoms with Gasteiger partial charge >= 0.3 is 0 Å². The molecule has 1 aliphatic heterocycles. The van der Waals surface area contributed by atoms with Crippen molar-refractivity contribution in [2.45, 2.75) is 26.3 Å². The van der Waals surface area contributed by atoms with E-state index in [0.717, 1.165) is 38.3 Å². The predicted molar refractivity (Wildman–Crippen MR) is 103 cm³/mol. The van der Waals surface area contributed by atoms with Crippen LogP contribution in [0.25, 0.3) is 0 Å². The number of benzene rings is 2. The summed E-state index contributed by atoms with van der Waals surface area (Å²) in [6.07, 6.45) is 0.581. The molecule has 0 N–H and O–H groups in total. The van der Waals surface area contributed by atoms with Gasteiger partial charge in [0.15, 0.2) is 5.78 Å². The Morgan fingerprint density at radius 1 is 0.846 bits per heavy atom. The highest BCUT2D eigenvalue weighted by Gasteiger charge is 2.21. The zero-order valence-corrected chi connectivity index (χ0v) is 15.4. The molecule has 1 heterocycles. The van der Waals surface area contributed by atoms with Crippen LogP contribution in [0.5, 0.6) is 0 Å². The van der Waals surface area contributed by atoms with Gasteiger partial charge in [0.1, 0.15) is 0 Å². The number of hydrogen-bond acceptors (Lipinski definition) is 3. The summed E-state index contributed by atoms with van der Waals surface area (Å²) in [5.74, 6) is 0.130. The summed E-state index contributed by atoms with van der Waals surface area (Å²) in [6, 6.07) is 17.9. The fourth-order valence-electron chi connectivity index (χ4n) is 3.26. The third-order valence-electron chi connectivity index (χ3n) is 4.91. The van der Waals surface area contributed by atoms with Crippen LogP contribution < -0.4 is 0 Å². The summed E-state index contributed by atoms with van der Waals surface area (Å²) >= 11 is 0. The minimum Gasteiger partial charge on any atom is -0.340 e. The van der Waals surface area contributed by atoms with Crippen molar-refractivity contribution in [3.63, 3.8) is 0 Å². The SMILES string of the molecule is Cc1ccc(C(=O)CCC(=O)N2CCN(Cc3ccccc3)CC2)cc1. The van der Waals surface area contributed by atoms with Crippen molar-refractivity contribution in [3.05, 3.63) is 71.3 Å². The van der Waals surface area contributed by atoms with Gasteiger partial charge in [0.25, 0.3) is 0 Å². The molecule has 1 aliphatic rings. The Morgan fingerprint density at radius 3 is 2.15 bits per heavy atom. The maximum Gasteiger partial charge on any atom is 0.223 e. The number of hydrogen-bond donors (Lipinski definition) is 0. The number of rotatable bonds is 6. The van der Waals surface area contributed by atoms with Crippen molar-refractivity contribution in [3.8, 4) is 0 Å². The molecule has 1 saturated heterocycles. The molecular weight excluding hydrogens is 324 g/mol. The van der Waals surface area contributed by atoms with Crippen molar-refractivity contribution in [2.75, 3.05) is 26.2 Å². The van der Waals surface area contributed by atoms with Gasteiger partial charge in [-0.25, -0.2) is 0 Å². The lowest BCUT2D eigenvalue weighted by Gasteiger charge is -2.34. The van der Waals surface area contributed by atoms with E-state index in [2.05, 4.69) is 29.2 Å². The molecule has 3 rings (SSSR count). The lowest BCUT2D eigenvalue weighted by molar-refractivity contribution is -0.132. The van der Waals surface area contributed by atoms with E-state index in [9.17, 15) is 9.59 Å². The van der Waals surface area contributed by atoms with E-state index in [-0.39, 0.29) is 18.1 Å². The Morgan fingerprint density at radius 2 is 1.50 bits per heavy atom. The van der Waals surface area contributed by atoms with E-state index in [1.807, 2.05) is 42.2 Å². The molecule has 4 heteroatoms.